The Labute approximate surface area is 190 Å². The van der Waals surface area contributed by atoms with Crippen LogP contribution >= 0.6 is 11.6 Å². The first-order valence-corrected chi connectivity index (χ1v) is 10.4. The summed E-state index contributed by atoms with van der Waals surface area (Å²) in [5, 5.41) is 14.0. The second-order valence-electron chi connectivity index (χ2n) is 7.03. The molecule has 160 valence electrons. The van der Waals surface area contributed by atoms with Crippen LogP contribution in [-0.2, 0) is 4.79 Å². The van der Waals surface area contributed by atoms with Gasteiger partial charge in [-0.05, 0) is 29.8 Å². The highest BCUT2D eigenvalue weighted by molar-refractivity contribution is 6.33. The second-order valence-corrected chi connectivity index (χ2v) is 7.44. The number of anilines is 1. The number of rotatable bonds is 7. The van der Waals surface area contributed by atoms with Crippen molar-refractivity contribution in [3.63, 3.8) is 0 Å². The SMILES string of the molecule is O=C(CC(NC(=O)c1ccccc1Cl)c1ccccc1)Nc1ccccc1-n1ccnn1. The lowest BCUT2D eigenvalue weighted by Crippen LogP contribution is -2.31. The molecular formula is C24H20ClN5O2. The van der Waals surface area contributed by atoms with E-state index in [0.717, 1.165) is 5.56 Å². The number of carbonyl (C=O) groups is 2. The third-order valence-electron chi connectivity index (χ3n) is 4.86. The van der Waals surface area contributed by atoms with Crippen molar-refractivity contribution in [1.82, 2.24) is 20.3 Å². The van der Waals surface area contributed by atoms with Crippen molar-refractivity contribution >= 4 is 29.1 Å². The van der Waals surface area contributed by atoms with Crippen LogP contribution in [-0.4, -0.2) is 26.8 Å². The average Bonchev–Trinajstić information content (AvgIpc) is 3.34. The Kier molecular flexibility index (Phi) is 6.57. The summed E-state index contributed by atoms with van der Waals surface area (Å²) in [4.78, 5) is 25.8. The molecule has 0 aliphatic carbocycles. The first-order chi connectivity index (χ1) is 15.6. The van der Waals surface area contributed by atoms with E-state index in [4.69, 9.17) is 11.6 Å². The normalized spacial score (nSPS) is 11.5. The van der Waals surface area contributed by atoms with Crippen LogP contribution in [0.25, 0.3) is 5.69 Å². The summed E-state index contributed by atoms with van der Waals surface area (Å²) in [5.41, 5.74) is 2.45. The van der Waals surface area contributed by atoms with Crippen molar-refractivity contribution < 1.29 is 9.59 Å². The highest BCUT2D eigenvalue weighted by atomic mass is 35.5. The molecule has 0 radical (unpaired) electrons. The molecule has 8 heteroatoms. The van der Waals surface area contributed by atoms with Crippen LogP contribution in [0.1, 0.15) is 28.4 Å². The lowest BCUT2D eigenvalue weighted by atomic mass is 10.0. The molecule has 0 bridgehead atoms. The van der Waals surface area contributed by atoms with Crippen molar-refractivity contribution in [1.29, 1.82) is 0 Å². The van der Waals surface area contributed by atoms with Crippen molar-refractivity contribution in [2.45, 2.75) is 12.5 Å². The number of benzene rings is 3. The van der Waals surface area contributed by atoms with Gasteiger partial charge in [-0.1, -0.05) is 71.4 Å². The summed E-state index contributed by atoms with van der Waals surface area (Å²) in [6.45, 7) is 0. The van der Waals surface area contributed by atoms with Crippen molar-refractivity contribution in [2.75, 3.05) is 5.32 Å². The van der Waals surface area contributed by atoms with E-state index >= 15 is 0 Å². The summed E-state index contributed by atoms with van der Waals surface area (Å²) in [5.74, 6) is -0.605. The molecule has 2 amide bonds. The van der Waals surface area contributed by atoms with E-state index in [1.165, 1.54) is 0 Å². The zero-order chi connectivity index (χ0) is 22.3. The Balaban J connectivity index is 1.54. The Morgan fingerprint density at radius 2 is 1.66 bits per heavy atom. The molecule has 0 spiro atoms. The van der Waals surface area contributed by atoms with E-state index < -0.39 is 6.04 Å². The maximum Gasteiger partial charge on any atom is 0.253 e. The molecule has 4 aromatic rings. The Morgan fingerprint density at radius 1 is 0.938 bits per heavy atom. The van der Waals surface area contributed by atoms with Gasteiger partial charge >= 0.3 is 0 Å². The zero-order valence-electron chi connectivity index (χ0n) is 17.0. The molecular weight excluding hydrogens is 426 g/mol. The van der Waals surface area contributed by atoms with Gasteiger partial charge in [-0.2, -0.15) is 0 Å². The van der Waals surface area contributed by atoms with Gasteiger partial charge < -0.3 is 10.6 Å². The molecule has 3 aromatic carbocycles. The summed E-state index contributed by atoms with van der Waals surface area (Å²) in [6.07, 6.45) is 3.29. The number of halogens is 1. The third-order valence-corrected chi connectivity index (χ3v) is 5.19. The molecule has 1 heterocycles. The van der Waals surface area contributed by atoms with Crippen molar-refractivity contribution in [3.05, 3.63) is 107 Å². The number of nitrogens with one attached hydrogen (secondary N) is 2. The van der Waals surface area contributed by atoms with Gasteiger partial charge in [0.2, 0.25) is 5.91 Å². The quantitative estimate of drug-likeness (QED) is 0.440. The lowest BCUT2D eigenvalue weighted by Gasteiger charge is -2.20. The van der Waals surface area contributed by atoms with Crippen molar-refractivity contribution in [2.24, 2.45) is 0 Å². The van der Waals surface area contributed by atoms with E-state index in [0.29, 0.717) is 22.0 Å². The number of hydrogen-bond donors (Lipinski definition) is 2. The Morgan fingerprint density at radius 3 is 2.41 bits per heavy atom. The van der Waals surface area contributed by atoms with Gasteiger partial charge in [0.25, 0.3) is 5.91 Å². The number of amides is 2. The van der Waals surface area contributed by atoms with Crippen LogP contribution in [0.5, 0.6) is 0 Å². The summed E-state index contributed by atoms with van der Waals surface area (Å²) >= 11 is 6.17. The smallest absolute Gasteiger partial charge is 0.253 e. The van der Waals surface area contributed by atoms with E-state index in [2.05, 4.69) is 20.9 Å². The predicted molar refractivity (Wildman–Crippen MR) is 123 cm³/mol. The molecule has 0 aliphatic rings. The molecule has 0 saturated carbocycles. The molecule has 32 heavy (non-hydrogen) atoms. The van der Waals surface area contributed by atoms with E-state index in [9.17, 15) is 9.59 Å². The molecule has 4 rings (SSSR count). The number of para-hydroxylation sites is 2. The Hall–Kier alpha value is -3.97. The fourth-order valence-corrected chi connectivity index (χ4v) is 3.54. The fraction of sp³-hybridized carbons (Fsp3) is 0.0833. The van der Waals surface area contributed by atoms with Gasteiger partial charge in [0.05, 0.1) is 46.8 Å². The van der Waals surface area contributed by atoms with E-state index in [1.54, 1.807) is 47.4 Å². The number of nitrogens with zero attached hydrogens (tertiary/aromatic N) is 3. The van der Waals surface area contributed by atoms with E-state index in [1.807, 2.05) is 48.5 Å². The summed E-state index contributed by atoms with van der Waals surface area (Å²) in [6, 6.07) is 22.9. The lowest BCUT2D eigenvalue weighted by molar-refractivity contribution is -0.116. The molecule has 1 unspecified atom stereocenters. The Bertz CT molecular complexity index is 1210. The summed E-state index contributed by atoms with van der Waals surface area (Å²) in [7, 11) is 0. The molecule has 2 N–H and O–H groups in total. The van der Waals surface area contributed by atoms with Crippen molar-refractivity contribution in [3.8, 4) is 5.69 Å². The second kappa shape index (κ2) is 9.89. The molecule has 0 fully saturated rings. The molecule has 1 atom stereocenters. The number of aromatic nitrogens is 3. The fourth-order valence-electron chi connectivity index (χ4n) is 3.32. The first kappa shape index (κ1) is 21.3. The van der Waals surface area contributed by atoms with Gasteiger partial charge in [0, 0.05) is 0 Å². The minimum Gasteiger partial charge on any atom is -0.345 e. The maximum absolute atomic E-state index is 13.0. The molecule has 7 nitrogen and oxygen atoms in total. The standard InChI is InChI=1S/C24H20ClN5O2/c25-19-11-5-4-10-18(19)24(32)28-21(17-8-2-1-3-9-17)16-23(31)27-20-12-6-7-13-22(20)30-15-14-26-29-30/h1-15,21H,16H2,(H,27,31)(H,28,32). The van der Waals surface area contributed by atoms with Crippen LogP contribution in [0.2, 0.25) is 5.02 Å². The number of hydrogen-bond acceptors (Lipinski definition) is 4. The monoisotopic (exact) mass is 445 g/mol. The zero-order valence-corrected chi connectivity index (χ0v) is 17.7. The third kappa shape index (κ3) is 5.01. The highest BCUT2D eigenvalue weighted by Gasteiger charge is 2.21. The largest absolute Gasteiger partial charge is 0.345 e. The van der Waals surface area contributed by atoms with Crippen LogP contribution in [0.3, 0.4) is 0 Å². The topological polar surface area (TPSA) is 88.9 Å². The molecule has 1 aromatic heterocycles. The average molecular weight is 446 g/mol. The van der Waals surface area contributed by atoms with Crippen LogP contribution < -0.4 is 10.6 Å². The first-order valence-electron chi connectivity index (χ1n) is 9.98. The van der Waals surface area contributed by atoms with E-state index in [-0.39, 0.29) is 18.2 Å². The van der Waals surface area contributed by atoms with Gasteiger partial charge in [-0.25, -0.2) is 4.68 Å². The molecule has 0 aliphatic heterocycles. The van der Waals surface area contributed by atoms with Crippen LogP contribution in [0, 0.1) is 0 Å². The minimum atomic E-state index is -0.543. The van der Waals surface area contributed by atoms with Gasteiger partial charge in [-0.15, -0.1) is 5.10 Å². The van der Waals surface area contributed by atoms with Crippen LogP contribution in [0.4, 0.5) is 5.69 Å². The predicted octanol–water partition coefficient (Wildman–Crippen LogP) is 4.42. The van der Waals surface area contributed by atoms with Crippen LogP contribution in [0.15, 0.2) is 91.3 Å². The summed E-state index contributed by atoms with van der Waals surface area (Å²) < 4.78 is 1.57. The van der Waals surface area contributed by atoms with Gasteiger partial charge in [-0.3, -0.25) is 9.59 Å². The van der Waals surface area contributed by atoms with Gasteiger partial charge in [0.15, 0.2) is 0 Å². The van der Waals surface area contributed by atoms with Gasteiger partial charge in [0.1, 0.15) is 0 Å². The molecule has 0 saturated heterocycles. The minimum absolute atomic E-state index is 0.0336. The number of carbonyl (C=O) groups excluding carboxylic acids is 2. The highest BCUT2D eigenvalue weighted by Crippen LogP contribution is 2.23. The maximum atomic E-state index is 13.0.